The minimum absolute atomic E-state index is 0.0484. The number of ether oxygens (including phenoxy) is 1. The first-order valence-electron chi connectivity index (χ1n) is 10.5. The Labute approximate surface area is 193 Å². The number of nitrogens with one attached hydrogen (secondary N) is 1. The molecule has 0 unspecified atom stereocenters. The topological polar surface area (TPSA) is 105 Å². The molecule has 1 fully saturated rings. The SMILES string of the molecule is C=Cc1cnc(Nc2ccc(S(=O)(=O)N3CCCN(C(=O)OC(C)(C)C)CC3)cc2F)nc1. The monoisotopic (exact) mass is 477 g/mol. The molecule has 0 saturated carbocycles. The summed E-state index contributed by atoms with van der Waals surface area (Å²) >= 11 is 0. The van der Waals surface area contributed by atoms with Gasteiger partial charge in [-0.3, -0.25) is 0 Å². The lowest BCUT2D eigenvalue weighted by Gasteiger charge is -2.26. The number of carbonyl (C=O) groups is 1. The summed E-state index contributed by atoms with van der Waals surface area (Å²) in [5.41, 5.74) is 0.124. The highest BCUT2D eigenvalue weighted by atomic mass is 32.2. The van der Waals surface area contributed by atoms with Crippen molar-refractivity contribution in [3.8, 4) is 0 Å². The van der Waals surface area contributed by atoms with Crippen LogP contribution in [0.1, 0.15) is 32.8 Å². The molecule has 0 spiro atoms. The summed E-state index contributed by atoms with van der Waals surface area (Å²) in [4.78, 5) is 21.8. The van der Waals surface area contributed by atoms with Gasteiger partial charge in [-0.05, 0) is 45.4 Å². The molecule has 1 saturated heterocycles. The average molecular weight is 478 g/mol. The number of anilines is 2. The molecule has 1 aliphatic heterocycles. The molecule has 33 heavy (non-hydrogen) atoms. The molecule has 178 valence electrons. The number of nitrogens with zero attached hydrogens (tertiary/aromatic N) is 4. The number of rotatable bonds is 5. The average Bonchev–Trinajstić information content (AvgIpc) is 3.01. The van der Waals surface area contributed by atoms with Crippen LogP contribution in [0.25, 0.3) is 6.08 Å². The van der Waals surface area contributed by atoms with E-state index in [1.807, 2.05) is 0 Å². The molecule has 0 aliphatic carbocycles. The Morgan fingerprint density at radius 3 is 2.48 bits per heavy atom. The standard InChI is InChI=1S/C22H28FN5O4S/c1-5-16-14-24-20(25-15-16)26-19-8-7-17(13-18(19)23)33(30,31)28-10-6-9-27(11-12-28)21(29)32-22(2,3)4/h5,7-8,13-15H,1,6,9-12H2,2-4H3,(H,24,25,26). The lowest BCUT2D eigenvalue weighted by Crippen LogP contribution is -2.40. The maximum absolute atomic E-state index is 14.7. The summed E-state index contributed by atoms with van der Waals surface area (Å²) < 4.78 is 47.5. The number of aromatic nitrogens is 2. The number of halogens is 1. The lowest BCUT2D eigenvalue weighted by molar-refractivity contribution is 0.0260. The highest BCUT2D eigenvalue weighted by Gasteiger charge is 2.30. The maximum Gasteiger partial charge on any atom is 0.410 e. The van der Waals surface area contributed by atoms with E-state index >= 15 is 0 Å². The zero-order valence-corrected chi connectivity index (χ0v) is 19.7. The van der Waals surface area contributed by atoms with Gasteiger partial charge in [-0.25, -0.2) is 27.6 Å². The highest BCUT2D eigenvalue weighted by Crippen LogP contribution is 2.24. The number of hydrogen-bond donors (Lipinski definition) is 1. The third-order valence-corrected chi connectivity index (χ3v) is 6.73. The quantitative estimate of drug-likeness (QED) is 0.701. The van der Waals surface area contributed by atoms with Crippen LogP contribution >= 0.6 is 0 Å². The Morgan fingerprint density at radius 1 is 1.18 bits per heavy atom. The molecular weight excluding hydrogens is 449 g/mol. The maximum atomic E-state index is 14.7. The van der Waals surface area contributed by atoms with Gasteiger partial charge in [0.05, 0.1) is 10.6 Å². The normalized spacial score (nSPS) is 15.6. The van der Waals surface area contributed by atoms with Gasteiger partial charge < -0.3 is 15.0 Å². The van der Waals surface area contributed by atoms with Crippen LogP contribution in [0.3, 0.4) is 0 Å². The van der Waals surface area contributed by atoms with E-state index in [9.17, 15) is 17.6 Å². The smallest absolute Gasteiger partial charge is 0.410 e. The van der Waals surface area contributed by atoms with Gasteiger partial charge in [-0.15, -0.1) is 0 Å². The number of sulfonamides is 1. The summed E-state index contributed by atoms with van der Waals surface area (Å²) in [6, 6.07) is 3.62. The van der Waals surface area contributed by atoms with E-state index in [1.165, 1.54) is 33.7 Å². The molecule has 2 aromatic rings. The molecule has 1 amide bonds. The Morgan fingerprint density at radius 2 is 1.88 bits per heavy atom. The fourth-order valence-electron chi connectivity index (χ4n) is 3.18. The molecule has 1 aromatic heterocycles. The predicted molar refractivity (Wildman–Crippen MR) is 123 cm³/mol. The molecule has 0 atom stereocenters. The molecule has 11 heteroatoms. The first-order valence-corrected chi connectivity index (χ1v) is 11.9. The van der Waals surface area contributed by atoms with Crippen LogP contribution in [0, 0.1) is 5.82 Å². The minimum Gasteiger partial charge on any atom is -0.444 e. The first kappa shape index (κ1) is 24.6. The molecule has 1 aliphatic rings. The van der Waals surface area contributed by atoms with Crippen molar-refractivity contribution in [2.45, 2.75) is 37.7 Å². The number of hydrogen-bond acceptors (Lipinski definition) is 7. The molecule has 0 radical (unpaired) electrons. The fraction of sp³-hybridized carbons (Fsp3) is 0.409. The van der Waals surface area contributed by atoms with Crippen LogP contribution < -0.4 is 5.32 Å². The summed E-state index contributed by atoms with van der Waals surface area (Å²) in [5, 5.41) is 2.73. The largest absolute Gasteiger partial charge is 0.444 e. The van der Waals surface area contributed by atoms with Crippen molar-refractivity contribution in [1.82, 2.24) is 19.2 Å². The van der Waals surface area contributed by atoms with Crippen molar-refractivity contribution in [2.75, 3.05) is 31.5 Å². The third-order valence-electron chi connectivity index (χ3n) is 4.84. The van der Waals surface area contributed by atoms with E-state index in [2.05, 4.69) is 21.9 Å². The second-order valence-corrected chi connectivity index (χ2v) is 10.5. The van der Waals surface area contributed by atoms with E-state index in [4.69, 9.17) is 4.74 Å². The van der Waals surface area contributed by atoms with Gasteiger partial charge in [0.25, 0.3) is 0 Å². The third kappa shape index (κ3) is 6.26. The van der Waals surface area contributed by atoms with E-state index < -0.39 is 27.5 Å². The predicted octanol–water partition coefficient (Wildman–Crippen LogP) is 3.63. The Kier molecular flexibility index (Phi) is 7.33. The van der Waals surface area contributed by atoms with Crippen molar-refractivity contribution >= 4 is 33.8 Å². The molecule has 0 bridgehead atoms. The van der Waals surface area contributed by atoms with E-state index in [-0.39, 0.29) is 36.2 Å². The fourth-order valence-corrected chi connectivity index (χ4v) is 4.66. The zero-order valence-electron chi connectivity index (χ0n) is 18.9. The van der Waals surface area contributed by atoms with E-state index in [0.717, 1.165) is 6.07 Å². The van der Waals surface area contributed by atoms with Crippen LogP contribution in [0.4, 0.5) is 20.8 Å². The molecule has 2 heterocycles. The van der Waals surface area contributed by atoms with Crippen molar-refractivity contribution < 1.29 is 22.3 Å². The van der Waals surface area contributed by atoms with Crippen LogP contribution in [-0.2, 0) is 14.8 Å². The van der Waals surface area contributed by atoms with Gasteiger partial charge in [0.1, 0.15) is 11.4 Å². The molecular formula is C22H28FN5O4S. The second kappa shape index (κ2) is 9.84. The van der Waals surface area contributed by atoms with Gasteiger partial charge in [0, 0.05) is 44.1 Å². The van der Waals surface area contributed by atoms with Crippen molar-refractivity contribution in [2.24, 2.45) is 0 Å². The van der Waals surface area contributed by atoms with Gasteiger partial charge in [-0.1, -0.05) is 12.7 Å². The Bertz CT molecular complexity index is 1120. The van der Waals surface area contributed by atoms with E-state index in [0.29, 0.717) is 18.5 Å². The summed E-state index contributed by atoms with van der Waals surface area (Å²) in [7, 11) is -3.95. The van der Waals surface area contributed by atoms with Crippen molar-refractivity contribution in [3.05, 3.63) is 48.6 Å². The lowest BCUT2D eigenvalue weighted by atomic mass is 10.2. The highest BCUT2D eigenvalue weighted by molar-refractivity contribution is 7.89. The van der Waals surface area contributed by atoms with Crippen LogP contribution in [0.15, 0.2) is 42.1 Å². The minimum atomic E-state index is -3.95. The molecule has 1 aromatic carbocycles. The summed E-state index contributed by atoms with van der Waals surface area (Å²) in [6.07, 6.45) is 4.60. The molecule has 9 nitrogen and oxygen atoms in total. The first-order chi connectivity index (χ1) is 15.5. The summed E-state index contributed by atoms with van der Waals surface area (Å²) in [5.74, 6) is -0.581. The van der Waals surface area contributed by atoms with Crippen molar-refractivity contribution in [3.63, 3.8) is 0 Å². The van der Waals surface area contributed by atoms with E-state index in [1.54, 1.807) is 26.8 Å². The van der Waals surface area contributed by atoms with Gasteiger partial charge >= 0.3 is 6.09 Å². The van der Waals surface area contributed by atoms with Crippen molar-refractivity contribution in [1.29, 1.82) is 0 Å². The van der Waals surface area contributed by atoms with Crippen LogP contribution in [0.5, 0.6) is 0 Å². The number of amides is 1. The Hall–Kier alpha value is -3.05. The Balaban J connectivity index is 1.71. The summed E-state index contributed by atoms with van der Waals surface area (Å²) in [6.45, 7) is 9.81. The molecule has 1 N–H and O–H groups in total. The van der Waals surface area contributed by atoms with Crippen LogP contribution in [0.2, 0.25) is 0 Å². The van der Waals surface area contributed by atoms with Gasteiger partial charge in [-0.2, -0.15) is 4.31 Å². The number of carbonyl (C=O) groups excluding carboxylic acids is 1. The van der Waals surface area contributed by atoms with Crippen LogP contribution in [-0.4, -0.2) is 65.5 Å². The zero-order chi connectivity index (χ0) is 24.2. The van der Waals surface area contributed by atoms with Gasteiger partial charge in [0.15, 0.2) is 0 Å². The molecule has 3 rings (SSSR count). The second-order valence-electron chi connectivity index (χ2n) is 8.54. The van der Waals surface area contributed by atoms with Gasteiger partial charge in [0.2, 0.25) is 16.0 Å². The number of benzene rings is 1.